The zero-order valence-corrected chi connectivity index (χ0v) is 16.2. The largest absolute Gasteiger partial charge is 0.416 e. The molecule has 10 heteroatoms. The number of carbonyl (C=O) groups excluding carboxylic acids is 2. The van der Waals surface area contributed by atoms with Crippen LogP contribution in [-0.2, 0) is 11.0 Å². The first-order valence-corrected chi connectivity index (χ1v) is 8.64. The van der Waals surface area contributed by atoms with Gasteiger partial charge in [0, 0.05) is 25.9 Å². The first-order valence-electron chi connectivity index (χ1n) is 8.64. The number of alkyl halides is 3. The molecule has 0 aliphatic carbocycles. The first-order chi connectivity index (χ1) is 13.5. The third-order valence-corrected chi connectivity index (χ3v) is 4.79. The number of likely N-dealkylation sites (N-methyl/N-ethyl adjacent to an activating group) is 1. The average Bonchev–Trinajstić information content (AvgIpc) is 3.06. The maximum absolute atomic E-state index is 13.2. The highest BCUT2D eigenvalue weighted by Gasteiger charge is 2.40. The quantitative estimate of drug-likeness (QED) is 0.834. The van der Waals surface area contributed by atoms with Gasteiger partial charge in [-0.1, -0.05) is 17.3 Å². The van der Waals surface area contributed by atoms with Gasteiger partial charge >= 0.3 is 12.2 Å². The van der Waals surface area contributed by atoms with E-state index in [0.717, 1.165) is 12.1 Å². The molecule has 0 saturated carbocycles. The summed E-state index contributed by atoms with van der Waals surface area (Å²) in [6.45, 7) is 3.22. The number of nitrogens with one attached hydrogen (secondary N) is 1. The van der Waals surface area contributed by atoms with Crippen molar-refractivity contribution in [1.82, 2.24) is 15.0 Å². The summed E-state index contributed by atoms with van der Waals surface area (Å²) in [5.41, 5.74) is -0.230. The van der Waals surface area contributed by atoms with Gasteiger partial charge in [0.25, 0.3) is 5.91 Å². The number of aromatic nitrogens is 1. The van der Waals surface area contributed by atoms with Gasteiger partial charge in [0.2, 0.25) is 0 Å². The molecule has 0 spiro atoms. The van der Waals surface area contributed by atoms with E-state index in [2.05, 4.69) is 10.5 Å². The molecule has 29 heavy (non-hydrogen) atoms. The van der Waals surface area contributed by atoms with Gasteiger partial charge in [0.15, 0.2) is 5.82 Å². The van der Waals surface area contributed by atoms with E-state index >= 15 is 0 Å². The molecule has 2 aromatic rings. The summed E-state index contributed by atoms with van der Waals surface area (Å²) in [4.78, 5) is 28.1. The Bertz CT molecular complexity index is 997. The van der Waals surface area contributed by atoms with E-state index in [1.54, 1.807) is 13.8 Å². The molecule has 7 nitrogen and oxygen atoms in total. The normalized spacial score (nSPS) is 17.8. The molecule has 154 valence electrons. The molecule has 3 amide bonds. The minimum atomic E-state index is -4.55. The molecule has 0 unspecified atom stereocenters. The Kier molecular flexibility index (Phi) is 5.12. The van der Waals surface area contributed by atoms with Crippen molar-refractivity contribution < 1.29 is 27.3 Å². The zero-order valence-electron chi connectivity index (χ0n) is 16.2. The smallest absolute Gasteiger partial charge is 0.360 e. The number of benzene rings is 1. The lowest BCUT2D eigenvalue weighted by Gasteiger charge is -2.39. The van der Waals surface area contributed by atoms with Crippen molar-refractivity contribution in [3.63, 3.8) is 0 Å². The van der Waals surface area contributed by atoms with Crippen LogP contribution in [0.2, 0.25) is 0 Å². The van der Waals surface area contributed by atoms with Crippen LogP contribution in [0.1, 0.15) is 29.9 Å². The number of halogens is 3. The van der Waals surface area contributed by atoms with E-state index in [1.807, 2.05) is 0 Å². The lowest BCUT2D eigenvalue weighted by atomic mass is 9.92. The third-order valence-electron chi connectivity index (χ3n) is 4.79. The predicted molar refractivity (Wildman–Crippen MR) is 97.7 cm³/mol. The number of aryl methyl sites for hydroxylation is 1. The highest BCUT2D eigenvalue weighted by molar-refractivity contribution is 6.06. The Morgan fingerprint density at radius 2 is 1.90 bits per heavy atom. The Morgan fingerprint density at radius 1 is 1.21 bits per heavy atom. The molecule has 1 aliphatic rings. The van der Waals surface area contributed by atoms with E-state index in [4.69, 9.17) is 4.52 Å². The van der Waals surface area contributed by atoms with Crippen molar-refractivity contribution in [3.05, 3.63) is 58.5 Å². The molecule has 1 aromatic carbocycles. The van der Waals surface area contributed by atoms with Crippen molar-refractivity contribution in [3.8, 4) is 0 Å². The number of hydrogen-bond acceptors (Lipinski definition) is 4. The number of nitrogens with zero attached hydrogens (tertiary/aromatic N) is 3. The second-order valence-corrected chi connectivity index (χ2v) is 6.75. The van der Waals surface area contributed by atoms with Crippen molar-refractivity contribution in [2.45, 2.75) is 26.1 Å². The van der Waals surface area contributed by atoms with Crippen LogP contribution >= 0.6 is 0 Å². The van der Waals surface area contributed by atoms with Gasteiger partial charge in [-0.25, -0.2) is 4.79 Å². The second kappa shape index (κ2) is 7.26. The van der Waals surface area contributed by atoms with Gasteiger partial charge in [0.1, 0.15) is 5.76 Å². The molecule has 3 rings (SSSR count). The van der Waals surface area contributed by atoms with Gasteiger partial charge in [-0.3, -0.25) is 4.79 Å². The van der Waals surface area contributed by atoms with Crippen molar-refractivity contribution in [2.75, 3.05) is 19.4 Å². The fourth-order valence-electron chi connectivity index (χ4n) is 3.24. The highest BCUT2D eigenvalue weighted by Crippen LogP contribution is 2.38. The van der Waals surface area contributed by atoms with Gasteiger partial charge in [0.05, 0.1) is 17.2 Å². The molecular weight excluding hydrogens is 389 g/mol. The molecule has 0 radical (unpaired) electrons. The van der Waals surface area contributed by atoms with Gasteiger partial charge in [-0.2, -0.15) is 13.2 Å². The maximum atomic E-state index is 13.2. The highest BCUT2D eigenvalue weighted by atomic mass is 19.4. The number of anilines is 1. The van der Waals surface area contributed by atoms with Gasteiger partial charge < -0.3 is 19.6 Å². The second-order valence-electron chi connectivity index (χ2n) is 6.75. The molecule has 0 bridgehead atoms. The summed E-state index contributed by atoms with van der Waals surface area (Å²) < 4.78 is 44.5. The molecule has 0 saturated heterocycles. The summed E-state index contributed by atoms with van der Waals surface area (Å²) in [6, 6.07) is 4.65. The summed E-state index contributed by atoms with van der Waals surface area (Å²) in [7, 11) is 2.92. The van der Waals surface area contributed by atoms with Crippen LogP contribution in [0.4, 0.5) is 23.8 Å². The average molecular weight is 408 g/mol. The van der Waals surface area contributed by atoms with E-state index in [-0.39, 0.29) is 17.0 Å². The Morgan fingerprint density at radius 3 is 2.48 bits per heavy atom. The fourth-order valence-corrected chi connectivity index (χ4v) is 3.24. The van der Waals surface area contributed by atoms with Crippen LogP contribution < -0.4 is 5.32 Å². The summed E-state index contributed by atoms with van der Waals surface area (Å²) in [6.07, 6.45) is -4.55. The molecule has 2 heterocycles. The molecule has 0 fully saturated rings. The maximum Gasteiger partial charge on any atom is 0.416 e. The SMILES string of the molecule is CC1=C(C(=O)Nc2cc(C)on2)[C@@H](c2cccc(C(F)(F)F)c2)N(C)C(=O)N1C. The summed E-state index contributed by atoms with van der Waals surface area (Å²) >= 11 is 0. The van der Waals surface area contributed by atoms with E-state index in [0.29, 0.717) is 11.5 Å². The van der Waals surface area contributed by atoms with Crippen LogP contribution in [0, 0.1) is 6.92 Å². The topological polar surface area (TPSA) is 78.7 Å². The molecular formula is C19H19F3N4O3. The third kappa shape index (κ3) is 3.82. The molecule has 1 N–H and O–H groups in total. The minimum absolute atomic E-state index is 0.134. The number of urea groups is 1. The van der Waals surface area contributed by atoms with E-state index in [9.17, 15) is 22.8 Å². The van der Waals surface area contributed by atoms with E-state index in [1.165, 1.54) is 42.1 Å². The Balaban J connectivity index is 2.09. The summed E-state index contributed by atoms with van der Waals surface area (Å²) in [5.74, 6) is 0.0516. The first kappa shape index (κ1) is 20.4. The zero-order chi connectivity index (χ0) is 21.5. The van der Waals surface area contributed by atoms with Gasteiger partial charge in [-0.05, 0) is 31.5 Å². The predicted octanol–water partition coefficient (Wildman–Crippen LogP) is 3.95. The number of carbonyl (C=O) groups is 2. The van der Waals surface area contributed by atoms with Crippen LogP contribution in [0.15, 0.2) is 46.1 Å². The van der Waals surface area contributed by atoms with Crippen molar-refractivity contribution >= 4 is 17.8 Å². The standard InChI is InChI=1S/C19H19F3N4O3/c1-10-8-14(24-29-10)23-17(27)15-11(2)25(3)18(28)26(4)16(15)12-6-5-7-13(9-12)19(20,21)22/h5-9,16H,1-4H3,(H,23,24,27)/t16-/m1/s1. The van der Waals surface area contributed by atoms with Crippen LogP contribution in [0.3, 0.4) is 0 Å². The van der Waals surface area contributed by atoms with Crippen LogP contribution in [0.5, 0.6) is 0 Å². The molecule has 1 aliphatic heterocycles. The minimum Gasteiger partial charge on any atom is -0.360 e. The lowest BCUT2D eigenvalue weighted by molar-refractivity contribution is -0.137. The molecule has 1 atom stereocenters. The number of hydrogen-bond donors (Lipinski definition) is 1. The number of amides is 3. The van der Waals surface area contributed by atoms with E-state index < -0.39 is 29.7 Å². The monoisotopic (exact) mass is 408 g/mol. The number of allylic oxidation sites excluding steroid dienone is 1. The Hall–Kier alpha value is -3.30. The van der Waals surface area contributed by atoms with Crippen LogP contribution in [0.25, 0.3) is 0 Å². The Labute approximate surface area is 164 Å². The fraction of sp³-hybridized carbons (Fsp3) is 0.316. The van der Waals surface area contributed by atoms with Crippen LogP contribution in [-0.4, -0.2) is 41.0 Å². The molecule has 1 aromatic heterocycles. The van der Waals surface area contributed by atoms with Crippen molar-refractivity contribution in [1.29, 1.82) is 0 Å². The van der Waals surface area contributed by atoms with Crippen molar-refractivity contribution in [2.24, 2.45) is 0 Å². The number of rotatable bonds is 3. The van der Waals surface area contributed by atoms with Gasteiger partial charge in [-0.15, -0.1) is 0 Å². The summed E-state index contributed by atoms with van der Waals surface area (Å²) in [5, 5.41) is 6.28. The lowest BCUT2D eigenvalue weighted by Crippen LogP contribution is -2.47.